The molecular weight excluding hydrogens is 637 g/mol. The number of imide groups is 1. The molecule has 4 nitrogen and oxygen atoms in total. The first kappa shape index (κ1) is 31.5. The van der Waals surface area contributed by atoms with Gasteiger partial charge in [0, 0.05) is 16.3 Å². The van der Waals surface area contributed by atoms with Gasteiger partial charge in [-0.05, 0) is 97.0 Å². The lowest BCUT2D eigenvalue weighted by Crippen LogP contribution is -2.30. The van der Waals surface area contributed by atoms with Gasteiger partial charge in [0.2, 0.25) is 0 Å². The number of hydrogen-bond acceptors (Lipinski definition) is 2. The molecule has 0 atom stereocenters. The Bertz CT molecular complexity index is 2660. The van der Waals surface area contributed by atoms with E-state index in [0.29, 0.717) is 22.5 Å². The van der Waals surface area contributed by atoms with Gasteiger partial charge in [-0.1, -0.05) is 126 Å². The van der Waals surface area contributed by atoms with Crippen LogP contribution in [0, 0.1) is 27.7 Å². The number of fused-ring (bicyclic) bond motifs is 4. The molecule has 9 rings (SSSR count). The molecule has 1 aliphatic rings. The summed E-state index contributed by atoms with van der Waals surface area (Å²) in [5.74, 6) is -0.650. The maximum atomic E-state index is 14.8. The number of hydrogen-bond donors (Lipinski definition) is 0. The van der Waals surface area contributed by atoms with Crippen molar-refractivity contribution in [2.45, 2.75) is 27.7 Å². The van der Waals surface area contributed by atoms with Gasteiger partial charge in [0.25, 0.3) is 11.8 Å². The molecule has 250 valence electrons. The second-order valence-corrected chi connectivity index (χ2v) is 14.0. The minimum absolute atomic E-state index is 0.321. The molecule has 0 unspecified atom stereocenters. The Morgan fingerprint density at radius 1 is 0.404 bits per heavy atom. The molecule has 52 heavy (non-hydrogen) atoms. The van der Waals surface area contributed by atoms with Crippen molar-refractivity contribution in [3.05, 3.63) is 179 Å². The third kappa shape index (κ3) is 4.90. The molecule has 2 heterocycles. The number of rotatable bonds is 5. The molecule has 0 spiro atoms. The van der Waals surface area contributed by atoms with Gasteiger partial charge in [0.1, 0.15) is 0 Å². The molecule has 0 radical (unpaired) electrons. The molecule has 0 fully saturated rings. The number of amides is 2. The Balaban J connectivity index is 1.30. The minimum atomic E-state index is -0.329. The summed E-state index contributed by atoms with van der Waals surface area (Å²) in [7, 11) is 0. The number of nitrogens with zero attached hydrogens (tertiary/aromatic N) is 2. The predicted octanol–water partition coefficient (Wildman–Crippen LogP) is 11.8. The van der Waals surface area contributed by atoms with Crippen LogP contribution < -0.4 is 4.90 Å². The molecule has 1 aliphatic heterocycles. The molecule has 8 aromatic rings. The summed E-state index contributed by atoms with van der Waals surface area (Å²) in [6.45, 7) is 8.52. The second kappa shape index (κ2) is 12.1. The zero-order valence-electron chi connectivity index (χ0n) is 29.6. The maximum Gasteiger partial charge on any atom is 0.268 e. The van der Waals surface area contributed by atoms with Gasteiger partial charge >= 0.3 is 0 Å². The van der Waals surface area contributed by atoms with E-state index in [2.05, 4.69) is 105 Å². The van der Waals surface area contributed by atoms with Gasteiger partial charge < -0.3 is 4.57 Å². The van der Waals surface area contributed by atoms with Crippen molar-refractivity contribution >= 4 is 39.3 Å². The first-order valence-corrected chi connectivity index (χ1v) is 17.7. The van der Waals surface area contributed by atoms with Gasteiger partial charge in [-0.3, -0.25) is 9.59 Å². The lowest BCUT2D eigenvalue weighted by molar-refractivity contribution is 0.0926. The van der Waals surface area contributed by atoms with E-state index in [-0.39, 0.29) is 11.8 Å². The van der Waals surface area contributed by atoms with Crippen LogP contribution in [0.25, 0.3) is 60.9 Å². The smallest absolute Gasteiger partial charge is 0.268 e. The quantitative estimate of drug-likeness (QED) is 0.171. The number of aryl methyl sites for hydroxylation is 4. The number of para-hydroxylation sites is 1. The van der Waals surface area contributed by atoms with E-state index in [0.717, 1.165) is 55.2 Å². The second-order valence-electron chi connectivity index (χ2n) is 14.0. The molecule has 0 aliphatic carbocycles. The average Bonchev–Trinajstić information content (AvgIpc) is 3.61. The largest absolute Gasteiger partial charge is 0.308 e. The Morgan fingerprint density at radius 2 is 0.942 bits per heavy atom. The van der Waals surface area contributed by atoms with E-state index in [1.54, 1.807) is 6.07 Å². The van der Waals surface area contributed by atoms with Crippen LogP contribution in [0.5, 0.6) is 0 Å². The number of benzene rings is 7. The highest BCUT2D eigenvalue weighted by atomic mass is 16.2. The third-order valence-electron chi connectivity index (χ3n) is 10.5. The summed E-state index contributed by atoms with van der Waals surface area (Å²) < 4.78 is 2.20. The van der Waals surface area contributed by atoms with Crippen LogP contribution in [0.2, 0.25) is 0 Å². The average molecular weight is 673 g/mol. The van der Waals surface area contributed by atoms with Crippen LogP contribution in [0.4, 0.5) is 5.69 Å². The van der Waals surface area contributed by atoms with Gasteiger partial charge in [-0.15, -0.1) is 0 Å². The normalized spacial score (nSPS) is 12.7. The Labute approximate surface area is 303 Å². The minimum Gasteiger partial charge on any atom is -0.308 e. The van der Waals surface area contributed by atoms with Crippen molar-refractivity contribution in [1.29, 1.82) is 0 Å². The number of carbonyl (C=O) groups is 2. The summed E-state index contributed by atoms with van der Waals surface area (Å²) in [6.07, 6.45) is 0. The fourth-order valence-electron chi connectivity index (χ4n) is 8.09. The van der Waals surface area contributed by atoms with E-state index >= 15 is 0 Å². The van der Waals surface area contributed by atoms with Crippen LogP contribution in [-0.2, 0) is 0 Å². The Morgan fingerprint density at radius 3 is 1.54 bits per heavy atom. The van der Waals surface area contributed by atoms with Crippen molar-refractivity contribution < 1.29 is 9.59 Å². The van der Waals surface area contributed by atoms with Crippen LogP contribution >= 0.6 is 0 Å². The SMILES string of the molecule is Cc1ccc(-c2ccc3c4ccc(-c5ccc(C)cc5C)cc4n(-c4cccc5c4C(=O)N(c4ccccc4-c4ccccc4)C5=O)c3c2)c(C)c1. The van der Waals surface area contributed by atoms with Crippen molar-refractivity contribution in [3.8, 4) is 39.1 Å². The monoisotopic (exact) mass is 672 g/mol. The highest BCUT2D eigenvalue weighted by molar-refractivity contribution is 6.36. The molecular formula is C48H36N2O2. The third-order valence-corrected chi connectivity index (χ3v) is 10.5. The standard InChI is InChI=1S/C48H36N2O2/c1-29-17-21-36(31(3)25-29)34-19-23-39-40-24-20-35(37-22-18-30(2)26-32(37)4)28-45(40)49(44(39)27-34)43-16-10-14-41-46(43)48(52)50(47(41)51)42-15-9-8-13-38(42)33-11-6-5-7-12-33/h5-28H,1-4H3. The Kier molecular flexibility index (Phi) is 7.30. The predicted molar refractivity (Wildman–Crippen MR) is 214 cm³/mol. The molecule has 7 aromatic carbocycles. The molecule has 0 N–H and O–H groups in total. The van der Waals surface area contributed by atoms with Crippen molar-refractivity contribution in [2.24, 2.45) is 0 Å². The van der Waals surface area contributed by atoms with E-state index < -0.39 is 0 Å². The highest BCUT2D eigenvalue weighted by Crippen LogP contribution is 2.42. The molecule has 1 aromatic heterocycles. The van der Waals surface area contributed by atoms with E-state index in [9.17, 15) is 9.59 Å². The lowest BCUT2D eigenvalue weighted by atomic mass is 9.96. The van der Waals surface area contributed by atoms with Crippen LogP contribution in [0.3, 0.4) is 0 Å². The zero-order chi connectivity index (χ0) is 35.7. The van der Waals surface area contributed by atoms with Crippen LogP contribution in [-0.4, -0.2) is 16.4 Å². The van der Waals surface area contributed by atoms with Crippen molar-refractivity contribution in [2.75, 3.05) is 4.90 Å². The van der Waals surface area contributed by atoms with E-state index in [1.807, 2.05) is 66.7 Å². The van der Waals surface area contributed by atoms with E-state index in [4.69, 9.17) is 0 Å². The van der Waals surface area contributed by atoms with Crippen molar-refractivity contribution in [3.63, 3.8) is 0 Å². The Hall–Kier alpha value is -6.52. The zero-order valence-corrected chi connectivity index (χ0v) is 29.6. The summed E-state index contributed by atoms with van der Waals surface area (Å²) in [6, 6.07) is 49.5. The molecule has 0 saturated carbocycles. The van der Waals surface area contributed by atoms with Gasteiger partial charge in [0.15, 0.2) is 0 Å². The summed E-state index contributed by atoms with van der Waals surface area (Å²) in [5, 5.41) is 2.16. The maximum absolute atomic E-state index is 14.8. The summed E-state index contributed by atoms with van der Waals surface area (Å²) in [5.41, 5.74) is 15.1. The fourth-order valence-corrected chi connectivity index (χ4v) is 8.09. The summed E-state index contributed by atoms with van der Waals surface area (Å²) >= 11 is 0. The first-order chi connectivity index (χ1) is 25.3. The summed E-state index contributed by atoms with van der Waals surface area (Å²) in [4.78, 5) is 30.5. The number of carbonyl (C=O) groups excluding carboxylic acids is 2. The number of anilines is 1. The van der Waals surface area contributed by atoms with Crippen LogP contribution in [0.15, 0.2) is 146 Å². The molecule has 0 saturated heterocycles. The van der Waals surface area contributed by atoms with Crippen molar-refractivity contribution in [1.82, 2.24) is 4.57 Å². The topological polar surface area (TPSA) is 42.3 Å². The number of aromatic nitrogens is 1. The van der Waals surface area contributed by atoms with Crippen LogP contribution in [0.1, 0.15) is 43.0 Å². The molecule has 4 heteroatoms. The van der Waals surface area contributed by atoms with Gasteiger partial charge in [-0.2, -0.15) is 0 Å². The first-order valence-electron chi connectivity index (χ1n) is 17.7. The molecule has 2 amide bonds. The van der Waals surface area contributed by atoms with E-state index in [1.165, 1.54) is 27.2 Å². The fraction of sp³-hybridized carbons (Fsp3) is 0.0833. The van der Waals surface area contributed by atoms with Gasteiger partial charge in [-0.25, -0.2) is 4.90 Å². The lowest BCUT2D eigenvalue weighted by Gasteiger charge is -2.19. The highest BCUT2D eigenvalue weighted by Gasteiger charge is 2.40. The van der Waals surface area contributed by atoms with Gasteiger partial charge in [0.05, 0.1) is 33.5 Å². The molecule has 0 bridgehead atoms.